The summed E-state index contributed by atoms with van der Waals surface area (Å²) >= 11 is 0. The summed E-state index contributed by atoms with van der Waals surface area (Å²) in [6.07, 6.45) is -0.968. The Morgan fingerprint density at radius 1 is 0.926 bits per heavy atom. The van der Waals surface area contributed by atoms with Crippen LogP contribution < -0.4 is 20.7 Å². The van der Waals surface area contributed by atoms with Crippen molar-refractivity contribution in [2.75, 3.05) is 34.0 Å². The average Bonchev–Trinajstić information content (AvgIpc) is 3.66. The molecule has 14 heteroatoms. The van der Waals surface area contributed by atoms with Crippen molar-refractivity contribution in [2.45, 2.75) is 75.8 Å². The van der Waals surface area contributed by atoms with Crippen molar-refractivity contribution >= 4 is 8.53 Å². The second kappa shape index (κ2) is 17.0. The van der Waals surface area contributed by atoms with Gasteiger partial charge in [-0.25, -0.2) is 9.46 Å². The van der Waals surface area contributed by atoms with Crippen molar-refractivity contribution in [3.63, 3.8) is 0 Å². The minimum absolute atomic E-state index is 0.0276. The zero-order valence-corrected chi connectivity index (χ0v) is 32.2. The number of nitrogens with one attached hydrogen (secondary N) is 1. The Hall–Kier alpha value is -4.38. The third-order valence-corrected chi connectivity index (χ3v) is 11.8. The van der Waals surface area contributed by atoms with Crippen LogP contribution in [-0.2, 0) is 28.9 Å². The predicted molar refractivity (Wildman–Crippen MR) is 202 cm³/mol. The molecule has 1 N–H and O–H groups in total. The molecule has 2 fully saturated rings. The lowest BCUT2D eigenvalue weighted by Crippen LogP contribution is -2.49. The van der Waals surface area contributed by atoms with Crippen molar-refractivity contribution in [1.29, 1.82) is 5.26 Å². The predicted octanol–water partition coefficient (Wildman–Crippen LogP) is 5.89. The van der Waals surface area contributed by atoms with Crippen molar-refractivity contribution in [3.8, 4) is 17.6 Å². The lowest BCUT2D eigenvalue weighted by Gasteiger charge is -2.41. The van der Waals surface area contributed by atoms with Gasteiger partial charge in [-0.3, -0.25) is 14.3 Å². The van der Waals surface area contributed by atoms with Gasteiger partial charge < -0.3 is 32.7 Å². The van der Waals surface area contributed by atoms with E-state index in [0.29, 0.717) is 11.5 Å². The number of benzene rings is 3. The van der Waals surface area contributed by atoms with Gasteiger partial charge in [0.2, 0.25) is 0 Å². The summed E-state index contributed by atoms with van der Waals surface area (Å²) in [5.41, 5.74) is -1.13. The van der Waals surface area contributed by atoms with Crippen molar-refractivity contribution < 1.29 is 32.7 Å². The van der Waals surface area contributed by atoms with Crippen LogP contribution in [0.1, 0.15) is 57.0 Å². The maximum atomic E-state index is 13.2. The molecule has 0 spiro atoms. The van der Waals surface area contributed by atoms with E-state index in [1.165, 1.54) is 16.8 Å². The summed E-state index contributed by atoms with van der Waals surface area (Å²) in [6, 6.07) is 28.8. The van der Waals surface area contributed by atoms with Gasteiger partial charge in [-0.2, -0.15) is 5.26 Å². The van der Waals surface area contributed by atoms with Gasteiger partial charge >= 0.3 is 5.69 Å². The first kappa shape index (κ1) is 39.3. The quantitative estimate of drug-likeness (QED) is 0.0782. The summed E-state index contributed by atoms with van der Waals surface area (Å²) in [7, 11) is 1.48. The summed E-state index contributed by atoms with van der Waals surface area (Å²) in [4.78, 5) is 27.6. The fraction of sp³-hybridized carbons (Fsp3) is 0.425. The van der Waals surface area contributed by atoms with Crippen LogP contribution in [-0.4, -0.2) is 78.2 Å². The Morgan fingerprint density at radius 2 is 1.52 bits per heavy atom. The Labute approximate surface area is 316 Å². The fourth-order valence-electron chi connectivity index (χ4n) is 7.20. The van der Waals surface area contributed by atoms with Crippen LogP contribution in [0.3, 0.4) is 0 Å². The molecular formula is C40H47N4O9P. The molecule has 286 valence electrons. The first-order valence-electron chi connectivity index (χ1n) is 17.9. The standard InChI is InChI=1S/C40H47N4O9P/c1-27(2)44(28(3)4)54(51-24-10-22-41)53-36-35-37(43-23-21-34(45)42-38(43)46)52-39(36,25-49-35)26-50-40(29-11-8-7-9-12-29,30-13-17-32(47-5)18-14-30)31-15-19-33(48-6)20-16-31/h7-9,11-21,23,27-28,35-37H,10,24-26H2,1-6H3,(H,42,45,46)/t35-,36?,37+,39+,54?/m0/s1. The number of hydrogen-bond donors (Lipinski definition) is 1. The summed E-state index contributed by atoms with van der Waals surface area (Å²) < 4.78 is 48.5. The lowest BCUT2D eigenvalue weighted by atomic mass is 9.79. The van der Waals surface area contributed by atoms with Crippen LogP contribution in [0.2, 0.25) is 0 Å². The number of nitrogens with zero attached hydrogens (tertiary/aromatic N) is 3. The first-order chi connectivity index (χ1) is 26.1. The molecule has 3 heterocycles. The highest BCUT2D eigenvalue weighted by atomic mass is 31.2. The summed E-state index contributed by atoms with van der Waals surface area (Å²) in [5.74, 6) is 1.37. The molecule has 54 heavy (non-hydrogen) atoms. The molecule has 13 nitrogen and oxygen atoms in total. The Bertz CT molecular complexity index is 1940. The molecule has 3 aromatic carbocycles. The molecule has 0 aliphatic carbocycles. The molecule has 2 aliphatic rings. The van der Waals surface area contributed by atoms with E-state index in [1.807, 2.05) is 78.9 Å². The number of ether oxygens (including phenoxy) is 5. The van der Waals surface area contributed by atoms with Crippen LogP contribution in [0.25, 0.3) is 0 Å². The van der Waals surface area contributed by atoms with Gasteiger partial charge in [0.25, 0.3) is 14.1 Å². The maximum Gasteiger partial charge on any atom is 0.330 e. The molecule has 6 rings (SSSR count). The summed E-state index contributed by atoms with van der Waals surface area (Å²) in [6.45, 7) is 8.42. The van der Waals surface area contributed by atoms with Gasteiger partial charge in [0.05, 0.1) is 46.5 Å². The fourth-order valence-corrected chi connectivity index (χ4v) is 9.01. The van der Waals surface area contributed by atoms with E-state index in [4.69, 9.17) is 32.7 Å². The monoisotopic (exact) mass is 758 g/mol. The number of aromatic nitrogens is 2. The molecule has 1 aromatic heterocycles. The van der Waals surface area contributed by atoms with Crippen LogP contribution in [0.4, 0.5) is 0 Å². The number of fused-ring (bicyclic) bond motifs is 2. The topological polar surface area (TPSA) is 146 Å². The Morgan fingerprint density at radius 3 is 2.06 bits per heavy atom. The number of nitriles is 1. The number of hydrogen-bond acceptors (Lipinski definition) is 11. The normalized spacial score (nSPS) is 21.4. The largest absolute Gasteiger partial charge is 0.497 e. The second-order valence-electron chi connectivity index (χ2n) is 13.7. The molecular weight excluding hydrogens is 711 g/mol. The van der Waals surface area contributed by atoms with Gasteiger partial charge in [0, 0.05) is 24.3 Å². The van der Waals surface area contributed by atoms with E-state index in [0.717, 1.165) is 16.7 Å². The molecule has 2 saturated heterocycles. The highest BCUT2D eigenvalue weighted by Crippen LogP contribution is 2.56. The van der Waals surface area contributed by atoms with E-state index in [1.54, 1.807) is 14.2 Å². The molecule has 0 amide bonds. The SMILES string of the molecule is COc1ccc(C(OC[C@]23CO[C@@H](C2OP(OCCC#N)N(C(C)C)C(C)C)[C@H](n2ccc(=O)[nH]c2=O)O3)(c2ccccc2)c2ccc(OC)cc2)cc1. The maximum absolute atomic E-state index is 13.2. The highest BCUT2D eigenvalue weighted by Gasteiger charge is 2.65. The number of H-pyrrole nitrogens is 1. The zero-order valence-electron chi connectivity index (χ0n) is 31.3. The molecule has 2 bridgehead atoms. The minimum atomic E-state index is -1.76. The van der Waals surface area contributed by atoms with Gasteiger partial charge in [-0.1, -0.05) is 54.6 Å². The molecule has 2 aliphatic heterocycles. The molecule has 2 unspecified atom stereocenters. The van der Waals surface area contributed by atoms with Gasteiger partial charge in [0.1, 0.15) is 34.9 Å². The minimum Gasteiger partial charge on any atom is -0.497 e. The average molecular weight is 759 g/mol. The van der Waals surface area contributed by atoms with E-state index >= 15 is 0 Å². The Kier molecular flexibility index (Phi) is 12.4. The van der Waals surface area contributed by atoms with Crippen LogP contribution in [0.5, 0.6) is 11.5 Å². The highest BCUT2D eigenvalue weighted by molar-refractivity contribution is 7.44. The van der Waals surface area contributed by atoms with Crippen LogP contribution >= 0.6 is 8.53 Å². The molecule has 4 aromatic rings. The van der Waals surface area contributed by atoms with Crippen molar-refractivity contribution in [2.24, 2.45) is 0 Å². The van der Waals surface area contributed by atoms with E-state index in [9.17, 15) is 14.9 Å². The molecule has 5 atom stereocenters. The first-order valence-corrected chi connectivity index (χ1v) is 19.0. The van der Waals surface area contributed by atoms with E-state index in [-0.39, 0.29) is 38.3 Å². The van der Waals surface area contributed by atoms with Gasteiger partial charge in [0.15, 0.2) is 6.23 Å². The smallest absolute Gasteiger partial charge is 0.330 e. The lowest BCUT2D eigenvalue weighted by molar-refractivity contribution is -0.203. The number of aromatic amines is 1. The zero-order chi connectivity index (χ0) is 38.5. The third-order valence-electron chi connectivity index (χ3n) is 9.67. The summed E-state index contributed by atoms with van der Waals surface area (Å²) in [5, 5.41) is 9.34. The Balaban J connectivity index is 1.48. The molecule has 0 radical (unpaired) electrons. The molecule has 0 saturated carbocycles. The number of rotatable bonds is 17. The van der Waals surface area contributed by atoms with Crippen molar-refractivity contribution in [3.05, 3.63) is 129 Å². The van der Waals surface area contributed by atoms with E-state index in [2.05, 4.69) is 43.4 Å². The van der Waals surface area contributed by atoms with Crippen LogP contribution in [0, 0.1) is 11.3 Å². The van der Waals surface area contributed by atoms with Gasteiger partial charge in [-0.15, -0.1) is 0 Å². The second-order valence-corrected chi connectivity index (χ2v) is 15.1. The van der Waals surface area contributed by atoms with Gasteiger partial charge in [-0.05, 0) is 68.7 Å². The van der Waals surface area contributed by atoms with Crippen LogP contribution in [0.15, 0.2) is 101 Å². The van der Waals surface area contributed by atoms with E-state index < -0.39 is 49.4 Å². The third kappa shape index (κ3) is 7.74. The number of methoxy groups -OCH3 is 2. The van der Waals surface area contributed by atoms with Crippen molar-refractivity contribution in [1.82, 2.24) is 14.2 Å².